The summed E-state index contributed by atoms with van der Waals surface area (Å²) < 4.78 is 5.00. The molecule has 0 atom stereocenters. The van der Waals surface area contributed by atoms with E-state index in [1.807, 2.05) is 0 Å². The number of ether oxygens (including phenoxy) is 1. The number of benzene rings is 1. The van der Waals surface area contributed by atoms with Crippen molar-refractivity contribution in [2.45, 2.75) is 33.0 Å². The molecule has 0 saturated carbocycles. The van der Waals surface area contributed by atoms with Crippen molar-refractivity contribution in [2.75, 3.05) is 7.11 Å². The van der Waals surface area contributed by atoms with E-state index >= 15 is 0 Å². The maximum atomic E-state index is 11.2. The van der Waals surface area contributed by atoms with Crippen LogP contribution in [0.5, 0.6) is 5.75 Å². The summed E-state index contributed by atoms with van der Waals surface area (Å²) in [7, 11) is 1.55. The zero-order chi connectivity index (χ0) is 15.9. The highest BCUT2D eigenvalue weighted by Gasteiger charge is 2.23. The lowest BCUT2D eigenvalue weighted by molar-refractivity contribution is -0.328. The molecule has 116 valence electrons. The van der Waals surface area contributed by atoms with Crippen LogP contribution >= 0.6 is 0 Å². The zero-order valence-corrected chi connectivity index (χ0v) is 12.4. The Morgan fingerprint density at radius 2 is 1.57 bits per heavy atom. The maximum Gasteiger partial charge on any atom is 0.453 e. The molecule has 0 radical (unpaired) electrons. The fourth-order valence-corrected chi connectivity index (χ4v) is 1.10. The van der Waals surface area contributed by atoms with Gasteiger partial charge in [0.25, 0.3) is 0 Å². The predicted molar refractivity (Wildman–Crippen MR) is 70.8 cm³/mol. The highest BCUT2D eigenvalue weighted by molar-refractivity contribution is 6.29. The van der Waals surface area contributed by atoms with Gasteiger partial charge in [0, 0.05) is 0 Å². The molecule has 0 bridgehead atoms. The molecule has 0 unspecified atom stereocenters. The lowest BCUT2D eigenvalue weighted by Gasteiger charge is -2.15. The Kier molecular flexibility index (Phi) is 6.13. The second-order valence-electron chi connectivity index (χ2n) is 5.05. The SMILES string of the molecule is COc1ccc(COOC(=O)C(=O)OOC(C)(C)C)cc1. The molecule has 0 fully saturated rings. The molecule has 0 amide bonds. The lowest BCUT2D eigenvalue weighted by atomic mass is 10.2. The van der Waals surface area contributed by atoms with Gasteiger partial charge >= 0.3 is 11.9 Å². The van der Waals surface area contributed by atoms with Gasteiger partial charge in [0.2, 0.25) is 0 Å². The molecule has 7 heteroatoms. The van der Waals surface area contributed by atoms with Crippen LogP contribution in [0.3, 0.4) is 0 Å². The minimum Gasteiger partial charge on any atom is -0.497 e. The van der Waals surface area contributed by atoms with Crippen molar-refractivity contribution < 1.29 is 33.9 Å². The van der Waals surface area contributed by atoms with E-state index in [0.717, 1.165) is 5.56 Å². The van der Waals surface area contributed by atoms with Gasteiger partial charge in [-0.1, -0.05) is 12.1 Å². The van der Waals surface area contributed by atoms with E-state index in [1.165, 1.54) is 0 Å². The van der Waals surface area contributed by atoms with E-state index in [-0.39, 0.29) is 6.61 Å². The molecule has 21 heavy (non-hydrogen) atoms. The van der Waals surface area contributed by atoms with Gasteiger partial charge in [-0.25, -0.2) is 9.59 Å². The van der Waals surface area contributed by atoms with Crippen molar-refractivity contribution >= 4 is 11.9 Å². The van der Waals surface area contributed by atoms with E-state index in [9.17, 15) is 9.59 Å². The molecule has 1 aromatic rings. The molecule has 0 N–H and O–H groups in total. The van der Waals surface area contributed by atoms with E-state index in [2.05, 4.69) is 19.6 Å². The number of hydrogen-bond acceptors (Lipinski definition) is 7. The molecule has 7 nitrogen and oxygen atoms in total. The Bertz CT molecular complexity index is 473. The summed E-state index contributed by atoms with van der Waals surface area (Å²) in [5.74, 6) is -1.90. The largest absolute Gasteiger partial charge is 0.497 e. The summed E-state index contributed by atoms with van der Waals surface area (Å²) in [6.45, 7) is 4.96. The van der Waals surface area contributed by atoms with Crippen molar-refractivity contribution in [3.05, 3.63) is 29.8 Å². The molecule has 0 aliphatic carbocycles. The monoisotopic (exact) mass is 298 g/mol. The quantitative estimate of drug-likeness (QED) is 0.467. The molecule has 0 heterocycles. The van der Waals surface area contributed by atoms with Gasteiger partial charge in [-0.3, -0.25) is 9.78 Å². The molecule has 0 spiro atoms. The van der Waals surface area contributed by atoms with Crippen molar-refractivity contribution in [2.24, 2.45) is 0 Å². The van der Waals surface area contributed by atoms with Crippen LogP contribution in [-0.2, 0) is 35.7 Å². The molecular weight excluding hydrogens is 280 g/mol. The summed E-state index contributed by atoms with van der Waals surface area (Å²) in [4.78, 5) is 40.4. The lowest BCUT2D eigenvalue weighted by Crippen LogP contribution is -2.27. The van der Waals surface area contributed by atoms with Crippen LogP contribution in [0.1, 0.15) is 26.3 Å². The molecule has 0 saturated heterocycles. The van der Waals surface area contributed by atoms with Crippen molar-refractivity contribution in [1.29, 1.82) is 0 Å². The zero-order valence-electron chi connectivity index (χ0n) is 12.4. The first-order valence-electron chi connectivity index (χ1n) is 6.18. The molecule has 1 rings (SSSR count). The Labute approximate surface area is 122 Å². The van der Waals surface area contributed by atoms with E-state index in [4.69, 9.17) is 4.74 Å². The van der Waals surface area contributed by atoms with Crippen molar-refractivity contribution in [3.8, 4) is 5.75 Å². The fraction of sp³-hybridized carbons (Fsp3) is 0.429. The van der Waals surface area contributed by atoms with E-state index in [0.29, 0.717) is 5.75 Å². The van der Waals surface area contributed by atoms with Gasteiger partial charge < -0.3 is 4.74 Å². The van der Waals surface area contributed by atoms with Gasteiger partial charge in [-0.05, 0) is 38.5 Å². The third kappa shape index (κ3) is 6.73. The molecular formula is C14H18O7. The fourth-order valence-electron chi connectivity index (χ4n) is 1.10. The minimum absolute atomic E-state index is 0.0108. The number of methoxy groups -OCH3 is 1. The van der Waals surface area contributed by atoms with Crippen LogP contribution in [0, 0.1) is 0 Å². The van der Waals surface area contributed by atoms with Crippen molar-refractivity contribution in [1.82, 2.24) is 0 Å². The summed E-state index contributed by atoms with van der Waals surface area (Å²) in [5, 5.41) is 0. The predicted octanol–water partition coefficient (Wildman–Crippen LogP) is 1.94. The van der Waals surface area contributed by atoms with Gasteiger partial charge in [-0.2, -0.15) is 9.78 Å². The first kappa shape index (κ1) is 16.9. The molecule has 0 aliphatic heterocycles. The second-order valence-corrected chi connectivity index (χ2v) is 5.05. The highest BCUT2D eigenvalue weighted by Crippen LogP contribution is 2.12. The van der Waals surface area contributed by atoms with Gasteiger partial charge in [-0.15, -0.1) is 0 Å². The van der Waals surface area contributed by atoms with Gasteiger partial charge in [0.05, 0.1) is 7.11 Å². The third-order valence-corrected chi connectivity index (χ3v) is 2.05. The number of rotatable bonds is 5. The van der Waals surface area contributed by atoms with Crippen LogP contribution in [0.15, 0.2) is 24.3 Å². The van der Waals surface area contributed by atoms with Crippen LogP contribution < -0.4 is 4.74 Å². The average Bonchev–Trinajstić information content (AvgIpc) is 2.44. The average molecular weight is 298 g/mol. The van der Waals surface area contributed by atoms with Crippen LogP contribution in [0.25, 0.3) is 0 Å². The molecule has 0 aliphatic rings. The smallest absolute Gasteiger partial charge is 0.453 e. The normalized spacial score (nSPS) is 10.9. The number of hydrogen-bond donors (Lipinski definition) is 0. The topological polar surface area (TPSA) is 80.3 Å². The van der Waals surface area contributed by atoms with Crippen LogP contribution in [0.2, 0.25) is 0 Å². The Balaban J connectivity index is 2.30. The Morgan fingerprint density at radius 3 is 2.10 bits per heavy atom. The summed E-state index contributed by atoms with van der Waals surface area (Å²) >= 11 is 0. The first-order chi connectivity index (χ1) is 9.81. The second kappa shape index (κ2) is 7.61. The van der Waals surface area contributed by atoms with E-state index in [1.54, 1.807) is 52.1 Å². The Morgan fingerprint density at radius 1 is 1.00 bits per heavy atom. The minimum atomic E-state index is -1.30. The van der Waals surface area contributed by atoms with Crippen LogP contribution in [0.4, 0.5) is 0 Å². The number of carbonyl (C=O) groups excluding carboxylic acids is 2. The van der Waals surface area contributed by atoms with Gasteiger partial charge in [0.15, 0.2) is 0 Å². The number of carbonyl (C=O) groups is 2. The first-order valence-corrected chi connectivity index (χ1v) is 6.18. The summed E-state index contributed by atoms with van der Waals surface area (Å²) in [5.41, 5.74) is 0.0165. The van der Waals surface area contributed by atoms with E-state index < -0.39 is 17.5 Å². The third-order valence-electron chi connectivity index (χ3n) is 2.05. The molecule has 0 aromatic heterocycles. The van der Waals surface area contributed by atoms with Crippen LogP contribution in [-0.4, -0.2) is 24.6 Å². The summed E-state index contributed by atoms with van der Waals surface area (Å²) in [6.07, 6.45) is 0. The van der Waals surface area contributed by atoms with Crippen molar-refractivity contribution in [3.63, 3.8) is 0 Å². The Hall–Kier alpha value is -2.12. The maximum absolute atomic E-state index is 11.2. The van der Waals surface area contributed by atoms with Gasteiger partial charge in [0.1, 0.15) is 18.0 Å². The standard InChI is InChI=1S/C14H18O7/c1-14(2,3)21-20-13(16)12(15)19-18-9-10-5-7-11(17-4)8-6-10/h5-8H,9H2,1-4H3. The molecule has 1 aromatic carbocycles. The summed E-state index contributed by atoms with van der Waals surface area (Å²) in [6, 6.07) is 6.92. The highest BCUT2D eigenvalue weighted by atomic mass is 17.2.